The smallest absolute Gasteiger partial charge is 0.236 e. The van der Waals surface area contributed by atoms with E-state index in [0.717, 1.165) is 17.7 Å². The van der Waals surface area contributed by atoms with E-state index in [4.69, 9.17) is 10.5 Å². The maximum atomic E-state index is 11.5. The molecule has 0 radical (unpaired) electrons. The summed E-state index contributed by atoms with van der Waals surface area (Å²) < 4.78 is 5.23. The minimum atomic E-state index is -0.410. The molecule has 1 aromatic carbocycles. The number of carbonyl (C=O) groups excluding carboxylic acids is 1. The lowest BCUT2D eigenvalue weighted by Crippen LogP contribution is -2.40. The Labute approximate surface area is 102 Å². The molecule has 0 aliphatic carbocycles. The van der Waals surface area contributed by atoms with Gasteiger partial charge in [0.2, 0.25) is 5.91 Å². The molecule has 0 unspecified atom stereocenters. The summed E-state index contributed by atoms with van der Waals surface area (Å²) in [5.41, 5.74) is 6.70. The second-order valence-electron chi connectivity index (χ2n) is 3.87. The molecule has 4 heteroatoms. The molecule has 0 bridgehead atoms. The standard InChI is InChI=1S/C13H20N2O2/c1-3-11(14)13(16)15-9-8-10-6-4-5-7-12(10)17-2/h4-7,11H,3,8-9,14H2,1-2H3,(H,15,16)/t11-/m0/s1. The fourth-order valence-electron chi connectivity index (χ4n) is 1.55. The van der Waals surface area contributed by atoms with Gasteiger partial charge in [0.15, 0.2) is 0 Å². The molecule has 1 atom stereocenters. The topological polar surface area (TPSA) is 64.4 Å². The van der Waals surface area contributed by atoms with Crippen LogP contribution in [0.3, 0.4) is 0 Å². The molecular weight excluding hydrogens is 216 g/mol. The number of amides is 1. The van der Waals surface area contributed by atoms with Crippen LogP contribution < -0.4 is 15.8 Å². The minimum Gasteiger partial charge on any atom is -0.496 e. The SMILES string of the molecule is CC[C@H](N)C(=O)NCCc1ccccc1OC. The molecular formula is C13H20N2O2. The number of nitrogens with two attached hydrogens (primary N) is 1. The number of hydrogen-bond donors (Lipinski definition) is 2. The zero-order valence-corrected chi connectivity index (χ0v) is 10.4. The van der Waals surface area contributed by atoms with Gasteiger partial charge in [0, 0.05) is 6.54 Å². The lowest BCUT2D eigenvalue weighted by molar-refractivity contribution is -0.122. The Hall–Kier alpha value is -1.55. The normalized spacial score (nSPS) is 11.9. The molecule has 0 aromatic heterocycles. The Balaban J connectivity index is 2.43. The molecule has 1 rings (SSSR count). The van der Waals surface area contributed by atoms with E-state index in [-0.39, 0.29) is 5.91 Å². The number of rotatable bonds is 6. The summed E-state index contributed by atoms with van der Waals surface area (Å²) in [5, 5.41) is 2.81. The van der Waals surface area contributed by atoms with Crippen LogP contribution >= 0.6 is 0 Å². The third kappa shape index (κ3) is 4.07. The average molecular weight is 236 g/mol. The summed E-state index contributed by atoms with van der Waals surface area (Å²) in [6.07, 6.45) is 1.40. The summed E-state index contributed by atoms with van der Waals surface area (Å²) in [5.74, 6) is 0.754. The van der Waals surface area contributed by atoms with Crippen LogP contribution in [-0.4, -0.2) is 25.6 Å². The largest absolute Gasteiger partial charge is 0.496 e. The Morgan fingerprint density at radius 2 is 2.18 bits per heavy atom. The lowest BCUT2D eigenvalue weighted by atomic mass is 10.1. The predicted octanol–water partition coefficient (Wildman–Crippen LogP) is 1.09. The molecule has 17 heavy (non-hydrogen) atoms. The first-order valence-electron chi connectivity index (χ1n) is 5.84. The zero-order valence-electron chi connectivity index (χ0n) is 10.4. The second kappa shape index (κ2) is 6.91. The zero-order chi connectivity index (χ0) is 12.7. The molecule has 0 saturated carbocycles. The number of carbonyl (C=O) groups is 1. The molecule has 0 heterocycles. The fourth-order valence-corrected chi connectivity index (χ4v) is 1.55. The molecule has 0 saturated heterocycles. The van der Waals surface area contributed by atoms with E-state index in [1.165, 1.54) is 0 Å². The van der Waals surface area contributed by atoms with Crippen LogP contribution in [0.5, 0.6) is 5.75 Å². The highest BCUT2D eigenvalue weighted by Crippen LogP contribution is 2.17. The first-order chi connectivity index (χ1) is 8.19. The third-order valence-corrected chi connectivity index (χ3v) is 2.66. The van der Waals surface area contributed by atoms with Crippen LogP contribution in [0.4, 0.5) is 0 Å². The van der Waals surface area contributed by atoms with Crippen molar-refractivity contribution in [3.05, 3.63) is 29.8 Å². The highest BCUT2D eigenvalue weighted by molar-refractivity contribution is 5.81. The molecule has 0 spiro atoms. The molecule has 3 N–H and O–H groups in total. The van der Waals surface area contributed by atoms with Gasteiger partial charge in [-0.1, -0.05) is 25.1 Å². The van der Waals surface area contributed by atoms with Crippen molar-refractivity contribution in [1.82, 2.24) is 5.32 Å². The minimum absolute atomic E-state index is 0.0950. The first-order valence-corrected chi connectivity index (χ1v) is 5.84. The van der Waals surface area contributed by atoms with E-state index in [1.54, 1.807) is 7.11 Å². The van der Waals surface area contributed by atoms with E-state index in [1.807, 2.05) is 31.2 Å². The summed E-state index contributed by atoms with van der Waals surface area (Å²) in [7, 11) is 1.64. The van der Waals surface area contributed by atoms with Gasteiger partial charge >= 0.3 is 0 Å². The highest BCUT2D eigenvalue weighted by Gasteiger charge is 2.10. The summed E-state index contributed by atoms with van der Waals surface area (Å²) >= 11 is 0. The van der Waals surface area contributed by atoms with Crippen molar-refractivity contribution >= 4 is 5.91 Å². The third-order valence-electron chi connectivity index (χ3n) is 2.66. The highest BCUT2D eigenvalue weighted by atomic mass is 16.5. The molecule has 1 aromatic rings. The molecule has 0 aliphatic rings. The van der Waals surface area contributed by atoms with Gasteiger partial charge in [-0.15, -0.1) is 0 Å². The Bertz CT molecular complexity index is 366. The number of hydrogen-bond acceptors (Lipinski definition) is 3. The first kappa shape index (κ1) is 13.5. The van der Waals surface area contributed by atoms with E-state index >= 15 is 0 Å². The maximum absolute atomic E-state index is 11.5. The molecule has 0 aliphatic heterocycles. The van der Waals surface area contributed by atoms with Gasteiger partial charge in [0.1, 0.15) is 5.75 Å². The van der Waals surface area contributed by atoms with Crippen LogP contribution in [0.2, 0.25) is 0 Å². The van der Waals surface area contributed by atoms with Crippen LogP contribution in [0.15, 0.2) is 24.3 Å². The molecule has 1 amide bonds. The Morgan fingerprint density at radius 1 is 1.47 bits per heavy atom. The van der Waals surface area contributed by atoms with Crippen LogP contribution in [-0.2, 0) is 11.2 Å². The van der Waals surface area contributed by atoms with E-state index in [9.17, 15) is 4.79 Å². The van der Waals surface area contributed by atoms with Gasteiger partial charge in [0.05, 0.1) is 13.2 Å². The molecule has 94 valence electrons. The number of nitrogens with one attached hydrogen (secondary N) is 1. The fraction of sp³-hybridized carbons (Fsp3) is 0.462. The van der Waals surface area contributed by atoms with Gasteiger partial charge in [-0.05, 0) is 24.5 Å². The van der Waals surface area contributed by atoms with Gasteiger partial charge in [0.25, 0.3) is 0 Å². The van der Waals surface area contributed by atoms with Crippen molar-refractivity contribution in [2.45, 2.75) is 25.8 Å². The monoisotopic (exact) mass is 236 g/mol. The van der Waals surface area contributed by atoms with Crippen molar-refractivity contribution in [1.29, 1.82) is 0 Å². The van der Waals surface area contributed by atoms with Crippen LogP contribution in [0.25, 0.3) is 0 Å². The Kier molecular flexibility index (Phi) is 5.49. The predicted molar refractivity (Wildman–Crippen MR) is 68.0 cm³/mol. The summed E-state index contributed by atoms with van der Waals surface area (Å²) in [6, 6.07) is 7.37. The van der Waals surface area contributed by atoms with Crippen molar-refractivity contribution < 1.29 is 9.53 Å². The summed E-state index contributed by atoms with van der Waals surface area (Å²) in [4.78, 5) is 11.5. The maximum Gasteiger partial charge on any atom is 0.236 e. The van der Waals surface area contributed by atoms with Gasteiger partial charge in [-0.25, -0.2) is 0 Å². The van der Waals surface area contributed by atoms with Crippen molar-refractivity contribution in [2.75, 3.05) is 13.7 Å². The Morgan fingerprint density at radius 3 is 2.82 bits per heavy atom. The van der Waals surface area contributed by atoms with Gasteiger partial charge in [-0.2, -0.15) is 0 Å². The number of benzene rings is 1. The van der Waals surface area contributed by atoms with E-state index < -0.39 is 6.04 Å². The van der Waals surface area contributed by atoms with Crippen LogP contribution in [0.1, 0.15) is 18.9 Å². The van der Waals surface area contributed by atoms with Crippen LogP contribution in [0, 0.1) is 0 Å². The van der Waals surface area contributed by atoms with Crippen molar-refractivity contribution in [2.24, 2.45) is 5.73 Å². The van der Waals surface area contributed by atoms with Crippen molar-refractivity contribution in [3.63, 3.8) is 0 Å². The van der Waals surface area contributed by atoms with Crippen molar-refractivity contribution in [3.8, 4) is 5.75 Å². The molecule has 4 nitrogen and oxygen atoms in total. The van der Waals surface area contributed by atoms with E-state index in [0.29, 0.717) is 13.0 Å². The van der Waals surface area contributed by atoms with Gasteiger partial charge < -0.3 is 15.8 Å². The lowest BCUT2D eigenvalue weighted by Gasteiger charge is -2.11. The molecule has 0 fully saturated rings. The number of para-hydroxylation sites is 1. The average Bonchev–Trinajstić information content (AvgIpc) is 2.38. The second-order valence-corrected chi connectivity index (χ2v) is 3.87. The number of ether oxygens (including phenoxy) is 1. The quantitative estimate of drug-likeness (QED) is 0.777. The summed E-state index contributed by atoms with van der Waals surface area (Å²) in [6.45, 7) is 2.47. The van der Waals surface area contributed by atoms with Gasteiger partial charge in [-0.3, -0.25) is 4.79 Å². The number of methoxy groups -OCH3 is 1. The van der Waals surface area contributed by atoms with E-state index in [2.05, 4.69) is 5.32 Å².